The van der Waals surface area contributed by atoms with Crippen molar-refractivity contribution in [3.05, 3.63) is 36.5 Å². The van der Waals surface area contributed by atoms with Gasteiger partial charge in [-0.2, -0.15) is 0 Å². The van der Waals surface area contributed by atoms with Crippen LogP contribution in [0.4, 0.5) is 0 Å². The van der Waals surface area contributed by atoms with Crippen molar-refractivity contribution in [1.29, 1.82) is 0 Å². The molecule has 0 aliphatic rings. The minimum Gasteiger partial charge on any atom is -0.612 e. The van der Waals surface area contributed by atoms with E-state index in [-0.39, 0.29) is 0 Å². The zero-order chi connectivity index (χ0) is 9.26. The van der Waals surface area contributed by atoms with Gasteiger partial charge in [-0.15, -0.1) is 0 Å². The molecule has 13 heavy (non-hydrogen) atoms. The molecule has 0 amide bonds. The third-order valence-electron chi connectivity index (χ3n) is 1.83. The normalized spacial score (nSPS) is 13.1. The van der Waals surface area contributed by atoms with Crippen LogP contribution in [0, 0.1) is 6.07 Å². The van der Waals surface area contributed by atoms with Crippen molar-refractivity contribution in [3.8, 4) is 0 Å². The second-order valence-corrected chi connectivity index (χ2v) is 4.10. The Kier molecular flexibility index (Phi) is 2.20. The Morgan fingerprint density at radius 3 is 3.08 bits per heavy atom. The van der Waals surface area contributed by atoms with Crippen LogP contribution in [0.3, 0.4) is 0 Å². The minimum atomic E-state index is -0.933. The molecule has 1 atom stereocenters. The molecule has 1 aromatic heterocycles. The summed E-state index contributed by atoms with van der Waals surface area (Å²) in [6.07, 6.45) is 3.36. The predicted octanol–water partition coefficient (Wildman–Crippen LogP) is 1.77. The summed E-state index contributed by atoms with van der Waals surface area (Å²) in [6.45, 7) is 0. The molecular weight excluding hydrogens is 182 g/mol. The Morgan fingerprint density at radius 2 is 2.31 bits per heavy atom. The molecule has 1 unspecified atom stereocenters. The lowest BCUT2D eigenvalue weighted by Crippen LogP contribution is -1.96. The van der Waals surface area contributed by atoms with Crippen molar-refractivity contribution in [3.63, 3.8) is 0 Å². The van der Waals surface area contributed by atoms with Gasteiger partial charge in [0.15, 0.2) is 4.90 Å². The monoisotopic (exact) mass is 190 g/mol. The number of benzene rings is 1. The molecule has 65 valence electrons. The molecule has 0 spiro atoms. The van der Waals surface area contributed by atoms with Crippen LogP contribution in [0.2, 0.25) is 0 Å². The highest BCUT2D eigenvalue weighted by atomic mass is 32.2. The zero-order valence-electron chi connectivity index (χ0n) is 7.15. The van der Waals surface area contributed by atoms with Crippen molar-refractivity contribution in [2.45, 2.75) is 4.90 Å². The van der Waals surface area contributed by atoms with Crippen molar-refractivity contribution in [2.24, 2.45) is 0 Å². The third kappa shape index (κ3) is 1.66. The lowest BCUT2D eigenvalue weighted by Gasteiger charge is -2.04. The number of pyridine rings is 1. The van der Waals surface area contributed by atoms with Gasteiger partial charge in [0.1, 0.15) is 6.26 Å². The van der Waals surface area contributed by atoms with Crippen molar-refractivity contribution < 1.29 is 4.55 Å². The first kappa shape index (κ1) is 8.53. The van der Waals surface area contributed by atoms with E-state index in [1.54, 1.807) is 18.5 Å². The second kappa shape index (κ2) is 3.36. The van der Waals surface area contributed by atoms with Crippen molar-refractivity contribution >= 4 is 22.1 Å². The molecule has 0 bridgehead atoms. The molecule has 3 heteroatoms. The first-order valence-electron chi connectivity index (χ1n) is 3.87. The Bertz CT molecular complexity index is 428. The Hall–Kier alpha value is -1.06. The van der Waals surface area contributed by atoms with E-state index in [2.05, 4.69) is 11.1 Å². The van der Waals surface area contributed by atoms with E-state index in [4.69, 9.17) is 0 Å². The molecule has 0 N–H and O–H groups in total. The summed E-state index contributed by atoms with van der Waals surface area (Å²) in [6, 6.07) is 10.4. The van der Waals surface area contributed by atoms with E-state index in [0.717, 1.165) is 15.8 Å². The predicted molar refractivity (Wildman–Crippen MR) is 52.9 cm³/mol. The van der Waals surface area contributed by atoms with Crippen molar-refractivity contribution in [1.82, 2.24) is 4.98 Å². The number of hydrogen-bond donors (Lipinski definition) is 0. The first-order chi connectivity index (χ1) is 6.27. The summed E-state index contributed by atoms with van der Waals surface area (Å²) in [5, 5.41) is 0.912. The summed E-state index contributed by atoms with van der Waals surface area (Å²) in [4.78, 5) is 4.97. The topological polar surface area (TPSA) is 36.0 Å². The lowest BCUT2D eigenvalue weighted by molar-refractivity contribution is 0.601. The van der Waals surface area contributed by atoms with Gasteiger partial charge >= 0.3 is 0 Å². The fraction of sp³-hybridized carbons (Fsp3) is 0.100. The highest BCUT2D eigenvalue weighted by molar-refractivity contribution is 7.90. The molecule has 0 aliphatic carbocycles. The number of rotatable bonds is 1. The van der Waals surface area contributed by atoms with Gasteiger partial charge in [-0.25, -0.2) is 0 Å². The smallest absolute Gasteiger partial charge is 0.153 e. The molecule has 0 saturated carbocycles. The SMILES string of the molecule is C[S+]([O-])c1ccc2ncc[c]c2c1. The van der Waals surface area contributed by atoms with E-state index in [1.807, 2.05) is 18.2 Å². The average molecular weight is 190 g/mol. The lowest BCUT2D eigenvalue weighted by atomic mass is 10.2. The minimum absolute atomic E-state index is 0.816. The highest BCUT2D eigenvalue weighted by Crippen LogP contribution is 2.16. The molecule has 2 aromatic rings. The maximum atomic E-state index is 11.2. The number of hydrogen-bond acceptors (Lipinski definition) is 2. The van der Waals surface area contributed by atoms with Crippen LogP contribution in [0.25, 0.3) is 10.9 Å². The summed E-state index contributed by atoms with van der Waals surface area (Å²) in [5.74, 6) is 0. The zero-order valence-corrected chi connectivity index (χ0v) is 7.97. The van der Waals surface area contributed by atoms with Gasteiger partial charge in [0.2, 0.25) is 0 Å². The Balaban J connectivity index is 2.62. The van der Waals surface area contributed by atoms with Crippen LogP contribution in [-0.4, -0.2) is 15.8 Å². The Morgan fingerprint density at radius 1 is 1.46 bits per heavy atom. The molecule has 0 saturated heterocycles. The molecule has 0 aliphatic heterocycles. The quantitative estimate of drug-likeness (QED) is 0.642. The highest BCUT2D eigenvalue weighted by Gasteiger charge is 2.04. The van der Waals surface area contributed by atoms with Crippen molar-refractivity contribution in [2.75, 3.05) is 6.26 Å². The van der Waals surface area contributed by atoms with Crippen LogP contribution in [-0.2, 0) is 11.2 Å². The third-order valence-corrected chi connectivity index (χ3v) is 2.74. The summed E-state index contributed by atoms with van der Waals surface area (Å²) < 4.78 is 11.2. The van der Waals surface area contributed by atoms with E-state index in [0.29, 0.717) is 0 Å². The van der Waals surface area contributed by atoms with Crippen LogP contribution in [0.5, 0.6) is 0 Å². The average Bonchev–Trinajstić information content (AvgIpc) is 2.17. The molecule has 2 nitrogen and oxygen atoms in total. The maximum absolute atomic E-state index is 11.2. The fourth-order valence-corrected chi connectivity index (χ4v) is 1.71. The van der Waals surface area contributed by atoms with Gasteiger partial charge in [0.05, 0.1) is 5.52 Å². The summed E-state index contributed by atoms with van der Waals surface area (Å²) in [5.41, 5.74) is 0.886. The molecule has 0 fully saturated rings. The first-order valence-corrected chi connectivity index (χ1v) is 5.43. The van der Waals surface area contributed by atoms with Crippen LogP contribution >= 0.6 is 0 Å². The molecular formula is C10H8NOS. The largest absolute Gasteiger partial charge is 0.612 e. The standard InChI is InChI=1S/C10H8NOS/c1-13(12)9-4-5-10-8(7-9)3-2-6-11-10/h2,4-7H,1H3. The van der Waals surface area contributed by atoms with Gasteiger partial charge in [-0.3, -0.25) is 4.98 Å². The van der Waals surface area contributed by atoms with E-state index in [9.17, 15) is 4.55 Å². The van der Waals surface area contributed by atoms with E-state index < -0.39 is 11.2 Å². The number of nitrogens with zero attached hydrogens (tertiary/aromatic N) is 1. The van der Waals surface area contributed by atoms with Gasteiger partial charge in [-0.05, 0) is 35.4 Å². The van der Waals surface area contributed by atoms with Gasteiger partial charge in [0.25, 0.3) is 0 Å². The number of fused-ring (bicyclic) bond motifs is 1. The summed E-state index contributed by atoms with van der Waals surface area (Å²) in [7, 11) is 0. The van der Waals surface area contributed by atoms with Gasteiger partial charge in [0, 0.05) is 17.6 Å². The second-order valence-electron chi connectivity index (χ2n) is 2.72. The molecule has 2 rings (SSSR count). The van der Waals surface area contributed by atoms with Crippen LogP contribution < -0.4 is 0 Å². The van der Waals surface area contributed by atoms with Crippen LogP contribution in [0.15, 0.2) is 35.4 Å². The molecule has 1 aromatic carbocycles. The van der Waals surface area contributed by atoms with E-state index >= 15 is 0 Å². The molecule has 1 heterocycles. The van der Waals surface area contributed by atoms with Crippen LogP contribution in [0.1, 0.15) is 0 Å². The number of aromatic nitrogens is 1. The van der Waals surface area contributed by atoms with E-state index in [1.165, 1.54) is 0 Å². The van der Waals surface area contributed by atoms with Gasteiger partial charge in [-0.1, -0.05) is 0 Å². The summed E-state index contributed by atoms with van der Waals surface area (Å²) >= 11 is -0.933. The molecule has 1 radical (unpaired) electrons. The fourth-order valence-electron chi connectivity index (χ4n) is 1.17. The Labute approximate surface area is 79.8 Å². The van der Waals surface area contributed by atoms with Gasteiger partial charge < -0.3 is 4.55 Å². The maximum Gasteiger partial charge on any atom is 0.153 e.